The molecule has 0 heterocycles. The van der Waals surface area contributed by atoms with Gasteiger partial charge in [-0.2, -0.15) is 0 Å². The summed E-state index contributed by atoms with van der Waals surface area (Å²) in [7, 11) is 0. The maximum Gasteiger partial charge on any atom is 0.313 e. The van der Waals surface area contributed by atoms with Crippen LogP contribution in [-0.4, -0.2) is 11.8 Å². The van der Waals surface area contributed by atoms with Crippen molar-refractivity contribution in [1.29, 1.82) is 0 Å². The van der Waals surface area contributed by atoms with E-state index >= 15 is 0 Å². The zero-order valence-electron chi connectivity index (χ0n) is 7.50. The van der Waals surface area contributed by atoms with Crippen molar-refractivity contribution < 1.29 is 9.59 Å². The largest absolute Gasteiger partial charge is 0.361 e. The van der Waals surface area contributed by atoms with Gasteiger partial charge in [-0.25, -0.2) is 0 Å². The molecule has 14 heavy (non-hydrogen) atoms. The molecule has 1 rings (SSSR count). The third-order valence-electron chi connectivity index (χ3n) is 1.60. The Morgan fingerprint density at radius 2 is 2.07 bits per heavy atom. The van der Waals surface area contributed by atoms with E-state index in [0.717, 1.165) is 5.56 Å². The first-order valence-corrected chi connectivity index (χ1v) is 4.67. The average Bonchev–Trinajstić information content (AvgIpc) is 2.09. The van der Waals surface area contributed by atoms with Crippen molar-refractivity contribution in [3.8, 4) is 0 Å². The SMILES string of the molecule is Cc1ccc(NC(=O)C(N)=O)c(Br)c1. The van der Waals surface area contributed by atoms with Crippen molar-refractivity contribution in [2.24, 2.45) is 5.73 Å². The molecule has 0 atom stereocenters. The lowest BCUT2D eigenvalue weighted by Crippen LogP contribution is -2.29. The third kappa shape index (κ3) is 2.56. The van der Waals surface area contributed by atoms with Crippen molar-refractivity contribution >= 4 is 33.4 Å². The second kappa shape index (κ2) is 4.23. The van der Waals surface area contributed by atoms with Gasteiger partial charge in [0, 0.05) is 4.47 Å². The molecule has 0 aliphatic heterocycles. The maximum atomic E-state index is 10.9. The lowest BCUT2D eigenvalue weighted by Gasteiger charge is -2.05. The molecular formula is C9H9BrN2O2. The zero-order chi connectivity index (χ0) is 10.7. The van der Waals surface area contributed by atoms with Crippen molar-refractivity contribution in [3.05, 3.63) is 28.2 Å². The van der Waals surface area contributed by atoms with E-state index in [4.69, 9.17) is 5.73 Å². The molecule has 0 unspecified atom stereocenters. The van der Waals surface area contributed by atoms with Crippen molar-refractivity contribution in [3.63, 3.8) is 0 Å². The van der Waals surface area contributed by atoms with Gasteiger partial charge >= 0.3 is 11.8 Å². The Kier molecular flexibility index (Phi) is 3.24. The van der Waals surface area contributed by atoms with Crippen LogP contribution in [0.3, 0.4) is 0 Å². The number of rotatable bonds is 1. The van der Waals surface area contributed by atoms with Crippen LogP contribution in [0.1, 0.15) is 5.56 Å². The van der Waals surface area contributed by atoms with Crippen LogP contribution in [0.25, 0.3) is 0 Å². The number of hydrogen-bond donors (Lipinski definition) is 2. The first-order chi connectivity index (χ1) is 6.50. The molecule has 0 saturated carbocycles. The molecule has 3 N–H and O–H groups in total. The monoisotopic (exact) mass is 256 g/mol. The van der Waals surface area contributed by atoms with Crippen LogP contribution in [-0.2, 0) is 9.59 Å². The molecule has 0 fully saturated rings. The van der Waals surface area contributed by atoms with Crippen LogP contribution in [0.15, 0.2) is 22.7 Å². The third-order valence-corrected chi connectivity index (χ3v) is 2.25. The second-order valence-corrected chi connectivity index (χ2v) is 3.66. The van der Waals surface area contributed by atoms with E-state index in [2.05, 4.69) is 21.2 Å². The number of nitrogens with two attached hydrogens (primary N) is 1. The van der Waals surface area contributed by atoms with E-state index in [1.165, 1.54) is 0 Å². The van der Waals surface area contributed by atoms with Gasteiger partial charge in [0.05, 0.1) is 5.69 Å². The molecule has 5 heteroatoms. The molecule has 2 amide bonds. The molecule has 0 saturated heterocycles. The topological polar surface area (TPSA) is 72.2 Å². The highest BCUT2D eigenvalue weighted by molar-refractivity contribution is 9.10. The van der Waals surface area contributed by atoms with E-state index in [-0.39, 0.29) is 0 Å². The number of aryl methyl sites for hydroxylation is 1. The molecule has 4 nitrogen and oxygen atoms in total. The minimum absolute atomic E-state index is 0.527. The van der Waals surface area contributed by atoms with Gasteiger partial charge in [-0.1, -0.05) is 6.07 Å². The molecule has 0 bridgehead atoms. The van der Waals surface area contributed by atoms with Gasteiger partial charge < -0.3 is 11.1 Å². The highest BCUT2D eigenvalue weighted by Crippen LogP contribution is 2.22. The number of nitrogens with one attached hydrogen (secondary N) is 1. The Hall–Kier alpha value is -1.36. The van der Waals surface area contributed by atoms with Gasteiger partial charge in [-0.3, -0.25) is 9.59 Å². The summed E-state index contributed by atoms with van der Waals surface area (Å²) in [6, 6.07) is 5.35. The fourth-order valence-corrected chi connectivity index (χ4v) is 1.50. The fourth-order valence-electron chi connectivity index (χ4n) is 0.905. The molecule has 0 aliphatic carbocycles. The molecule has 0 spiro atoms. The van der Waals surface area contributed by atoms with Gasteiger partial charge in [0.25, 0.3) is 0 Å². The predicted octanol–water partition coefficient (Wildman–Crippen LogP) is 1.18. The van der Waals surface area contributed by atoms with E-state index in [1.54, 1.807) is 6.07 Å². The van der Waals surface area contributed by atoms with Crippen LogP contribution < -0.4 is 11.1 Å². The number of anilines is 1. The van der Waals surface area contributed by atoms with Gasteiger partial charge in [0.2, 0.25) is 0 Å². The average molecular weight is 257 g/mol. The molecule has 1 aromatic rings. The molecule has 74 valence electrons. The van der Waals surface area contributed by atoms with Crippen LogP contribution in [0.2, 0.25) is 0 Å². The maximum absolute atomic E-state index is 10.9. The minimum Gasteiger partial charge on any atom is -0.361 e. The van der Waals surface area contributed by atoms with E-state index in [1.807, 2.05) is 19.1 Å². The van der Waals surface area contributed by atoms with Crippen LogP contribution in [0.4, 0.5) is 5.69 Å². The number of carbonyl (C=O) groups is 2. The minimum atomic E-state index is -1.00. The lowest BCUT2D eigenvalue weighted by atomic mass is 10.2. The Morgan fingerprint density at radius 3 is 2.57 bits per heavy atom. The highest BCUT2D eigenvalue weighted by Gasteiger charge is 2.10. The summed E-state index contributed by atoms with van der Waals surface area (Å²) in [6.07, 6.45) is 0. The first-order valence-electron chi connectivity index (χ1n) is 3.87. The van der Waals surface area contributed by atoms with Crippen LogP contribution in [0.5, 0.6) is 0 Å². The molecule has 0 radical (unpaired) electrons. The summed E-state index contributed by atoms with van der Waals surface area (Å²) in [5.41, 5.74) is 6.37. The van der Waals surface area contributed by atoms with Crippen molar-refractivity contribution in [2.45, 2.75) is 6.92 Å². The molecular weight excluding hydrogens is 248 g/mol. The quantitative estimate of drug-likeness (QED) is 0.741. The molecule has 0 aromatic heterocycles. The smallest absolute Gasteiger partial charge is 0.313 e. The number of benzene rings is 1. The van der Waals surface area contributed by atoms with Gasteiger partial charge in [-0.15, -0.1) is 0 Å². The Bertz CT molecular complexity index is 390. The number of hydrogen-bond acceptors (Lipinski definition) is 2. The summed E-state index contributed by atoms with van der Waals surface area (Å²) in [6.45, 7) is 1.92. The highest BCUT2D eigenvalue weighted by atomic mass is 79.9. The van der Waals surface area contributed by atoms with E-state index < -0.39 is 11.8 Å². The summed E-state index contributed by atoms with van der Waals surface area (Å²) in [5, 5.41) is 2.38. The number of amides is 2. The normalized spacial score (nSPS) is 9.57. The van der Waals surface area contributed by atoms with E-state index in [9.17, 15) is 9.59 Å². The standard InChI is InChI=1S/C9H9BrN2O2/c1-5-2-3-7(6(10)4-5)12-9(14)8(11)13/h2-4H,1H3,(H2,11,13)(H,12,14). The Morgan fingerprint density at radius 1 is 1.43 bits per heavy atom. The summed E-state index contributed by atoms with van der Waals surface area (Å²) < 4.78 is 0.715. The number of primary amides is 1. The number of carbonyl (C=O) groups excluding carboxylic acids is 2. The Balaban J connectivity index is 2.87. The molecule has 1 aromatic carbocycles. The van der Waals surface area contributed by atoms with Crippen molar-refractivity contribution in [2.75, 3.05) is 5.32 Å². The van der Waals surface area contributed by atoms with Crippen molar-refractivity contribution in [1.82, 2.24) is 0 Å². The van der Waals surface area contributed by atoms with E-state index in [0.29, 0.717) is 10.2 Å². The lowest BCUT2D eigenvalue weighted by molar-refractivity contribution is -0.134. The van der Waals surface area contributed by atoms with Crippen LogP contribution in [0, 0.1) is 6.92 Å². The summed E-state index contributed by atoms with van der Waals surface area (Å²) in [4.78, 5) is 21.4. The van der Waals surface area contributed by atoms with Gasteiger partial charge in [0.1, 0.15) is 0 Å². The Labute approximate surface area is 89.6 Å². The summed E-state index contributed by atoms with van der Waals surface area (Å²) >= 11 is 3.26. The van der Waals surface area contributed by atoms with Gasteiger partial charge in [-0.05, 0) is 40.5 Å². The van der Waals surface area contributed by atoms with Gasteiger partial charge in [0.15, 0.2) is 0 Å². The second-order valence-electron chi connectivity index (χ2n) is 2.80. The first kappa shape index (κ1) is 10.7. The molecule has 0 aliphatic rings. The summed E-state index contributed by atoms with van der Waals surface area (Å²) in [5.74, 6) is -1.83. The van der Waals surface area contributed by atoms with Crippen LogP contribution >= 0.6 is 15.9 Å². The fraction of sp³-hybridized carbons (Fsp3) is 0.111. The number of halogens is 1. The zero-order valence-corrected chi connectivity index (χ0v) is 9.09. The predicted molar refractivity (Wildman–Crippen MR) is 56.7 cm³/mol.